The maximum Gasteiger partial charge on any atom is 0.222 e. The van der Waals surface area contributed by atoms with E-state index >= 15 is 0 Å². The second kappa shape index (κ2) is 4.57. The first-order chi connectivity index (χ1) is 9.24. The fraction of sp³-hybridized carbons (Fsp3) is 0.0667. The Balaban J connectivity index is 2.06. The van der Waals surface area contributed by atoms with Crippen LogP contribution in [0.2, 0.25) is 0 Å². The van der Waals surface area contributed by atoms with Crippen LogP contribution >= 0.6 is 0 Å². The number of nitrogen functional groups attached to an aromatic ring is 1. The van der Waals surface area contributed by atoms with Crippen molar-refractivity contribution < 1.29 is 4.74 Å². The zero-order valence-electron chi connectivity index (χ0n) is 10.5. The van der Waals surface area contributed by atoms with Gasteiger partial charge in [0.25, 0.3) is 0 Å². The van der Waals surface area contributed by atoms with Crippen molar-refractivity contribution in [2.75, 3.05) is 5.73 Å². The van der Waals surface area contributed by atoms with E-state index < -0.39 is 0 Å². The van der Waals surface area contributed by atoms with Crippen LogP contribution in [-0.4, -0.2) is 9.97 Å². The van der Waals surface area contributed by atoms with Gasteiger partial charge in [0, 0.05) is 17.1 Å². The Kier molecular flexibility index (Phi) is 2.76. The number of benzene rings is 1. The van der Waals surface area contributed by atoms with E-state index in [-0.39, 0.29) is 0 Å². The van der Waals surface area contributed by atoms with Gasteiger partial charge < -0.3 is 10.5 Å². The summed E-state index contributed by atoms with van der Waals surface area (Å²) in [6.45, 7) is 1.92. The molecule has 0 aliphatic heterocycles. The van der Waals surface area contributed by atoms with E-state index in [9.17, 15) is 0 Å². The predicted octanol–water partition coefficient (Wildman–Crippen LogP) is 3.31. The zero-order valence-corrected chi connectivity index (χ0v) is 10.5. The third-order valence-corrected chi connectivity index (χ3v) is 2.86. The summed E-state index contributed by atoms with van der Waals surface area (Å²) >= 11 is 0. The number of pyridine rings is 2. The molecule has 3 aromatic rings. The first-order valence-corrected chi connectivity index (χ1v) is 5.98. The van der Waals surface area contributed by atoms with Gasteiger partial charge in [-0.25, -0.2) is 4.98 Å². The standard InChI is InChI=1S/C15H13N3O/c1-10-8-11(16)9-18-15(10)19-14-6-2-5-13-12(14)4-3-7-17-13/h2-9H,16H2,1H3. The van der Waals surface area contributed by atoms with Crippen molar-refractivity contribution in [3.8, 4) is 11.6 Å². The molecule has 0 spiro atoms. The smallest absolute Gasteiger partial charge is 0.222 e. The molecule has 3 rings (SSSR count). The van der Waals surface area contributed by atoms with Crippen LogP contribution in [-0.2, 0) is 0 Å². The van der Waals surface area contributed by atoms with Crippen molar-refractivity contribution in [1.82, 2.24) is 9.97 Å². The zero-order chi connectivity index (χ0) is 13.2. The molecule has 2 heterocycles. The van der Waals surface area contributed by atoms with Gasteiger partial charge in [0.1, 0.15) is 5.75 Å². The number of ether oxygens (including phenoxy) is 1. The third-order valence-electron chi connectivity index (χ3n) is 2.86. The number of hydrogen-bond donors (Lipinski definition) is 1. The molecule has 0 unspecified atom stereocenters. The van der Waals surface area contributed by atoms with Gasteiger partial charge >= 0.3 is 0 Å². The Bertz CT molecular complexity index is 735. The molecule has 1 aromatic carbocycles. The molecule has 0 bridgehead atoms. The monoisotopic (exact) mass is 251 g/mol. The molecule has 2 aromatic heterocycles. The minimum atomic E-state index is 0.561. The highest BCUT2D eigenvalue weighted by Gasteiger charge is 2.07. The van der Waals surface area contributed by atoms with Crippen LogP contribution in [0.5, 0.6) is 11.6 Å². The highest BCUT2D eigenvalue weighted by Crippen LogP contribution is 2.29. The van der Waals surface area contributed by atoms with Gasteiger partial charge in [-0.2, -0.15) is 0 Å². The maximum atomic E-state index is 5.87. The van der Waals surface area contributed by atoms with Crippen LogP contribution in [0.3, 0.4) is 0 Å². The first kappa shape index (κ1) is 11.5. The van der Waals surface area contributed by atoms with E-state index in [1.807, 2.05) is 43.3 Å². The molecule has 94 valence electrons. The second-order valence-electron chi connectivity index (χ2n) is 4.32. The molecule has 0 radical (unpaired) electrons. The van der Waals surface area contributed by atoms with E-state index in [1.165, 1.54) is 0 Å². The number of rotatable bonds is 2. The molecule has 0 fully saturated rings. The van der Waals surface area contributed by atoms with Crippen LogP contribution in [0.4, 0.5) is 5.69 Å². The second-order valence-corrected chi connectivity index (χ2v) is 4.32. The summed E-state index contributed by atoms with van der Waals surface area (Å²) in [5.41, 5.74) is 8.11. The largest absolute Gasteiger partial charge is 0.438 e. The van der Waals surface area contributed by atoms with Gasteiger partial charge in [0.05, 0.1) is 17.4 Å². The SMILES string of the molecule is Cc1cc(N)cnc1Oc1cccc2ncccc12. The van der Waals surface area contributed by atoms with Crippen molar-refractivity contribution in [3.05, 3.63) is 54.4 Å². The number of hydrogen-bond acceptors (Lipinski definition) is 4. The van der Waals surface area contributed by atoms with Crippen LogP contribution in [0.25, 0.3) is 10.9 Å². The van der Waals surface area contributed by atoms with Gasteiger partial charge in [-0.1, -0.05) is 6.07 Å². The fourth-order valence-electron chi connectivity index (χ4n) is 1.96. The molecule has 0 saturated heterocycles. The highest BCUT2D eigenvalue weighted by molar-refractivity contribution is 5.85. The van der Waals surface area contributed by atoms with Crippen molar-refractivity contribution in [2.45, 2.75) is 6.92 Å². The Hall–Kier alpha value is -2.62. The lowest BCUT2D eigenvalue weighted by Gasteiger charge is -2.10. The lowest BCUT2D eigenvalue weighted by molar-refractivity contribution is 0.464. The average molecular weight is 251 g/mol. The summed E-state index contributed by atoms with van der Waals surface area (Å²) in [5, 5.41) is 0.961. The summed E-state index contributed by atoms with van der Waals surface area (Å²) < 4.78 is 5.87. The van der Waals surface area contributed by atoms with Crippen LogP contribution in [0.15, 0.2) is 48.8 Å². The van der Waals surface area contributed by atoms with Crippen LogP contribution in [0.1, 0.15) is 5.56 Å². The molecular formula is C15H13N3O. The van der Waals surface area contributed by atoms with E-state index in [0.717, 1.165) is 22.2 Å². The topological polar surface area (TPSA) is 61.0 Å². The number of aromatic nitrogens is 2. The Morgan fingerprint density at radius 3 is 2.84 bits per heavy atom. The Morgan fingerprint density at radius 2 is 2.00 bits per heavy atom. The highest BCUT2D eigenvalue weighted by atomic mass is 16.5. The lowest BCUT2D eigenvalue weighted by Crippen LogP contribution is -1.94. The molecule has 0 saturated carbocycles. The van der Waals surface area contributed by atoms with Crippen molar-refractivity contribution in [2.24, 2.45) is 0 Å². The molecule has 2 N–H and O–H groups in total. The number of fused-ring (bicyclic) bond motifs is 1. The van der Waals surface area contributed by atoms with E-state index in [2.05, 4.69) is 9.97 Å². The van der Waals surface area contributed by atoms with E-state index in [4.69, 9.17) is 10.5 Å². The summed E-state index contributed by atoms with van der Waals surface area (Å²) in [7, 11) is 0. The van der Waals surface area contributed by atoms with Crippen molar-refractivity contribution in [3.63, 3.8) is 0 Å². The number of nitrogens with two attached hydrogens (primary N) is 1. The van der Waals surface area contributed by atoms with E-state index in [1.54, 1.807) is 12.4 Å². The van der Waals surface area contributed by atoms with E-state index in [0.29, 0.717) is 11.6 Å². The van der Waals surface area contributed by atoms with Gasteiger partial charge in [-0.15, -0.1) is 0 Å². The van der Waals surface area contributed by atoms with Gasteiger partial charge in [0.2, 0.25) is 5.88 Å². The molecule has 0 aliphatic rings. The van der Waals surface area contributed by atoms with Crippen LogP contribution in [0, 0.1) is 6.92 Å². The number of aryl methyl sites for hydroxylation is 1. The van der Waals surface area contributed by atoms with Crippen LogP contribution < -0.4 is 10.5 Å². The minimum Gasteiger partial charge on any atom is -0.438 e. The van der Waals surface area contributed by atoms with Gasteiger partial charge in [0.15, 0.2) is 0 Å². The predicted molar refractivity (Wildman–Crippen MR) is 75.2 cm³/mol. The third kappa shape index (κ3) is 2.20. The Morgan fingerprint density at radius 1 is 1.11 bits per heavy atom. The molecular weight excluding hydrogens is 238 g/mol. The summed E-state index contributed by atoms with van der Waals surface area (Å²) in [6.07, 6.45) is 3.35. The lowest BCUT2D eigenvalue weighted by atomic mass is 10.2. The van der Waals surface area contributed by atoms with Gasteiger partial charge in [-0.3, -0.25) is 4.98 Å². The summed E-state index contributed by atoms with van der Waals surface area (Å²) in [6, 6.07) is 11.5. The quantitative estimate of drug-likeness (QED) is 0.759. The molecule has 0 atom stereocenters. The van der Waals surface area contributed by atoms with Gasteiger partial charge in [-0.05, 0) is 37.3 Å². The molecule has 4 nitrogen and oxygen atoms in total. The molecule has 0 aliphatic carbocycles. The number of nitrogens with zero attached hydrogens (tertiary/aromatic N) is 2. The average Bonchev–Trinajstić information content (AvgIpc) is 2.42. The number of anilines is 1. The Labute approximate surface area is 110 Å². The van der Waals surface area contributed by atoms with Crippen molar-refractivity contribution >= 4 is 16.6 Å². The molecule has 19 heavy (non-hydrogen) atoms. The maximum absolute atomic E-state index is 5.87. The first-order valence-electron chi connectivity index (χ1n) is 5.98. The van der Waals surface area contributed by atoms with Crippen molar-refractivity contribution in [1.29, 1.82) is 0 Å². The normalized spacial score (nSPS) is 10.6. The molecule has 0 amide bonds. The minimum absolute atomic E-state index is 0.561. The fourth-order valence-corrected chi connectivity index (χ4v) is 1.96. The molecule has 4 heteroatoms. The summed E-state index contributed by atoms with van der Waals surface area (Å²) in [5.74, 6) is 1.30. The summed E-state index contributed by atoms with van der Waals surface area (Å²) in [4.78, 5) is 8.51.